The van der Waals surface area contributed by atoms with Crippen molar-refractivity contribution in [2.75, 3.05) is 26.3 Å². The molecule has 2 nitrogen and oxygen atoms in total. The van der Waals surface area contributed by atoms with Crippen LogP contribution in [0.15, 0.2) is 18.2 Å². The van der Waals surface area contributed by atoms with Crippen molar-refractivity contribution in [2.24, 2.45) is 5.92 Å². The predicted molar refractivity (Wildman–Crippen MR) is 78.7 cm³/mol. The fourth-order valence-corrected chi connectivity index (χ4v) is 2.04. The Hall–Kier alpha value is -0.280. The van der Waals surface area contributed by atoms with Crippen molar-refractivity contribution in [3.63, 3.8) is 0 Å². The molecule has 0 aliphatic carbocycles. The maximum Gasteiger partial charge on any atom is 0.0591 e. The molecular weight excluding hydrogens is 269 g/mol. The number of rotatable bonds is 8. The normalized spacial score (nSPS) is 11.2. The highest BCUT2D eigenvalue weighted by atomic mass is 35.5. The van der Waals surface area contributed by atoms with Crippen LogP contribution in [0.3, 0.4) is 0 Å². The molecule has 0 amide bonds. The lowest BCUT2D eigenvalue weighted by Crippen LogP contribution is -2.23. The van der Waals surface area contributed by atoms with Crippen LogP contribution in [0.2, 0.25) is 10.0 Å². The number of hydrogen-bond acceptors (Lipinski definition) is 2. The van der Waals surface area contributed by atoms with Gasteiger partial charge in [0.25, 0.3) is 0 Å². The van der Waals surface area contributed by atoms with E-state index < -0.39 is 0 Å². The minimum Gasteiger partial charge on any atom is -0.380 e. The van der Waals surface area contributed by atoms with E-state index in [-0.39, 0.29) is 0 Å². The third-order valence-corrected chi connectivity index (χ3v) is 3.05. The summed E-state index contributed by atoms with van der Waals surface area (Å²) in [7, 11) is 0. The number of ether oxygens (including phenoxy) is 1. The van der Waals surface area contributed by atoms with Gasteiger partial charge in [-0.2, -0.15) is 0 Å². The molecule has 0 spiro atoms. The molecule has 0 saturated carbocycles. The lowest BCUT2D eigenvalue weighted by atomic mass is 10.1. The van der Waals surface area contributed by atoms with E-state index in [1.165, 1.54) is 0 Å². The van der Waals surface area contributed by atoms with Crippen molar-refractivity contribution in [1.29, 1.82) is 0 Å². The molecule has 18 heavy (non-hydrogen) atoms. The first kappa shape index (κ1) is 15.8. The lowest BCUT2D eigenvalue weighted by Gasteiger charge is -2.08. The minimum atomic E-state index is 0.595. The van der Waals surface area contributed by atoms with E-state index in [9.17, 15) is 0 Å². The van der Waals surface area contributed by atoms with Crippen LogP contribution in [0.1, 0.15) is 19.4 Å². The Balaban J connectivity index is 2.11. The van der Waals surface area contributed by atoms with Crippen LogP contribution in [-0.2, 0) is 11.2 Å². The highest BCUT2D eigenvalue weighted by Crippen LogP contribution is 2.20. The Morgan fingerprint density at radius 2 is 2.00 bits per heavy atom. The highest BCUT2D eigenvalue weighted by Gasteiger charge is 2.00. The Kier molecular flexibility index (Phi) is 7.68. The van der Waals surface area contributed by atoms with E-state index in [0.29, 0.717) is 10.9 Å². The molecule has 0 aliphatic heterocycles. The van der Waals surface area contributed by atoms with E-state index in [1.807, 2.05) is 12.1 Å². The van der Waals surface area contributed by atoms with Crippen molar-refractivity contribution in [2.45, 2.75) is 20.3 Å². The Labute approximate surface area is 120 Å². The summed E-state index contributed by atoms with van der Waals surface area (Å²) in [5.74, 6) is 0.595. The molecule has 0 radical (unpaired) electrons. The molecular formula is C14H21Cl2NO. The van der Waals surface area contributed by atoms with Crippen LogP contribution < -0.4 is 5.32 Å². The van der Waals surface area contributed by atoms with Crippen molar-refractivity contribution >= 4 is 23.2 Å². The second-order valence-corrected chi connectivity index (χ2v) is 5.55. The van der Waals surface area contributed by atoms with Gasteiger partial charge >= 0.3 is 0 Å². The molecule has 0 aliphatic rings. The lowest BCUT2D eigenvalue weighted by molar-refractivity contribution is 0.112. The topological polar surface area (TPSA) is 21.3 Å². The van der Waals surface area contributed by atoms with E-state index in [0.717, 1.165) is 43.3 Å². The molecule has 1 aromatic carbocycles. The Bertz CT molecular complexity index is 356. The van der Waals surface area contributed by atoms with Gasteiger partial charge in [0.15, 0.2) is 0 Å². The van der Waals surface area contributed by atoms with E-state index in [4.69, 9.17) is 27.9 Å². The summed E-state index contributed by atoms with van der Waals surface area (Å²) in [6.45, 7) is 7.65. The molecule has 4 heteroatoms. The summed E-state index contributed by atoms with van der Waals surface area (Å²) >= 11 is 11.9. The minimum absolute atomic E-state index is 0.595. The third kappa shape index (κ3) is 6.60. The van der Waals surface area contributed by atoms with E-state index in [2.05, 4.69) is 19.2 Å². The maximum atomic E-state index is 6.09. The van der Waals surface area contributed by atoms with Crippen molar-refractivity contribution in [1.82, 2.24) is 5.32 Å². The van der Waals surface area contributed by atoms with Gasteiger partial charge < -0.3 is 10.1 Å². The molecule has 1 N–H and O–H groups in total. The van der Waals surface area contributed by atoms with Crippen molar-refractivity contribution < 1.29 is 4.74 Å². The molecule has 102 valence electrons. The SMILES string of the molecule is CC(C)COCCNCCc1ccc(Cl)cc1Cl. The van der Waals surface area contributed by atoms with Gasteiger partial charge in [0.2, 0.25) is 0 Å². The van der Waals surface area contributed by atoms with Crippen LogP contribution in [0, 0.1) is 5.92 Å². The van der Waals surface area contributed by atoms with Gasteiger partial charge in [0.1, 0.15) is 0 Å². The van der Waals surface area contributed by atoms with E-state index in [1.54, 1.807) is 6.07 Å². The van der Waals surface area contributed by atoms with Gasteiger partial charge in [-0.25, -0.2) is 0 Å². The molecule has 0 aromatic heterocycles. The Morgan fingerprint density at radius 3 is 2.67 bits per heavy atom. The second-order valence-electron chi connectivity index (χ2n) is 4.70. The summed E-state index contributed by atoms with van der Waals surface area (Å²) in [6.07, 6.45) is 0.903. The quantitative estimate of drug-likeness (QED) is 0.735. The van der Waals surface area contributed by atoms with Crippen molar-refractivity contribution in [3.05, 3.63) is 33.8 Å². The van der Waals surface area contributed by atoms with Gasteiger partial charge in [-0.3, -0.25) is 0 Å². The molecule has 1 aromatic rings. The summed E-state index contributed by atoms with van der Waals surface area (Å²) in [6, 6.07) is 5.63. The summed E-state index contributed by atoms with van der Waals surface area (Å²) in [5, 5.41) is 4.75. The zero-order chi connectivity index (χ0) is 13.4. The van der Waals surface area contributed by atoms with Gasteiger partial charge in [-0.1, -0.05) is 43.1 Å². The molecule has 0 heterocycles. The number of benzene rings is 1. The zero-order valence-electron chi connectivity index (χ0n) is 11.0. The van der Waals surface area contributed by atoms with Crippen molar-refractivity contribution in [3.8, 4) is 0 Å². The average molecular weight is 290 g/mol. The van der Waals surface area contributed by atoms with Gasteiger partial charge in [-0.15, -0.1) is 0 Å². The predicted octanol–water partition coefficient (Wildman–Crippen LogP) is 3.80. The second kappa shape index (κ2) is 8.76. The maximum absolute atomic E-state index is 6.09. The Morgan fingerprint density at radius 1 is 1.22 bits per heavy atom. The van der Waals surface area contributed by atoms with Gasteiger partial charge in [0.05, 0.1) is 6.61 Å². The van der Waals surface area contributed by atoms with E-state index >= 15 is 0 Å². The number of nitrogens with one attached hydrogen (secondary N) is 1. The first-order valence-corrected chi connectivity index (χ1v) is 7.07. The number of halogens is 2. The number of hydrogen-bond donors (Lipinski definition) is 1. The molecule has 0 bridgehead atoms. The van der Waals surface area contributed by atoms with Crippen LogP contribution in [0.4, 0.5) is 0 Å². The highest BCUT2D eigenvalue weighted by molar-refractivity contribution is 6.35. The van der Waals surface area contributed by atoms with Crippen LogP contribution >= 0.6 is 23.2 Å². The van der Waals surface area contributed by atoms with Gasteiger partial charge in [-0.05, 0) is 36.6 Å². The molecule has 0 atom stereocenters. The smallest absolute Gasteiger partial charge is 0.0591 e. The molecule has 0 fully saturated rings. The van der Waals surface area contributed by atoms with Crippen LogP contribution in [0.5, 0.6) is 0 Å². The summed E-state index contributed by atoms with van der Waals surface area (Å²) in [4.78, 5) is 0. The first-order valence-electron chi connectivity index (χ1n) is 6.32. The average Bonchev–Trinajstić information content (AvgIpc) is 2.30. The molecule has 0 saturated heterocycles. The van der Waals surface area contributed by atoms with Crippen LogP contribution in [-0.4, -0.2) is 26.3 Å². The van der Waals surface area contributed by atoms with Gasteiger partial charge in [0, 0.05) is 23.2 Å². The summed E-state index contributed by atoms with van der Waals surface area (Å²) < 4.78 is 5.48. The monoisotopic (exact) mass is 289 g/mol. The molecule has 1 rings (SSSR count). The standard InChI is InChI=1S/C14H21Cl2NO/c1-11(2)10-18-8-7-17-6-5-12-3-4-13(15)9-14(12)16/h3-4,9,11,17H,5-8,10H2,1-2H3. The fourth-order valence-electron chi connectivity index (χ4n) is 1.54. The largest absolute Gasteiger partial charge is 0.380 e. The fraction of sp³-hybridized carbons (Fsp3) is 0.571. The van der Waals surface area contributed by atoms with Crippen LogP contribution in [0.25, 0.3) is 0 Å². The summed E-state index contributed by atoms with van der Waals surface area (Å²) in [5.41, 5.74) is 1.12. The zero-order valence-corrected chi connectivity index (χ0v) is 12.5. The third-order valence-electron chi connectivity index (χ3n) is 2.46. The molecule has 0 unspecified atom stereocenters. The first-order chi connectivity index (χ1) is 8.59.